The third-order valence-corrected chi connectivity index (χ3v) is 4.15. The Morgan fingerprint density at radius 1 is 1.12 bits per heavy atom. The van der Waals surface area contributed by atoms with Crippen molar-refractivity contribution in [3.63, 3.8) is 0 Å². The van der Waals surface area contributed by atoms with Crippen molar-refractivity contribution in [3.05, 3.63) is 41.1 Å². The van der Waals surface area contributed by atoms with Gasteiger partial charge in [-0.05, 0) is 76.3 Å². The Bertz CT molecular complexity index is 728. The molecule has 1 saturated heterocycles. The number of rotatable bonds is 3. The minimum Gasteiger partial charge on any atom is -0.442 e. The Balaban J connectivity index is 1.63. The fraction of sp³-hybridized carbons (Fsp3) is 0.474. The van der Waals surface area contributed by atoms with E-state index in [1.165, 1.54) is 5.57 Å². The minimum absolute atomic E-state index is 0.401. The number of ether oxygens (including phenoxy) is 1. The first-order chi connectivity index (χ1) is 12.2. The summed E-state index contributed by atoms with van der Waals surface area (Å²) in [5.41, 5.74) is 2.74. The summed E-state index contributed by atoms with van der Waals surface area (Å²) < 4.78 is 5.22. The van der Waals surface area contributed by atoms with E-state index >= 15 is 0 Å². The monoisotopic (exact) mass is 359 g/mol. The van der Waals surface area contributed by atoms with Gasteiger partial charge in [0.15, 0.2) is 0 Å². The summed E-state index contributed by atoms with van der Waals surface area (Å²) in [6.45, 7) is 6.03. The molecule has 0 bridgehead atoms. The second kappa shape index (κ2) is 6.99. The van der Waals surface area contributed by atoms with Gasteiger partial charge in [-0.25, -0.2) is 25.5 Å². The Morgan fingerprint density at radius 2 is 1.77 bits per heavy atom. The Labute approximate surface area is 153 Å². The van der Waals surface area contributed by atoms with Crippen molar-refractivity contribution in [2.75, 3.05) is 11.6 Å². The highest BCUT2D eigenvalue weighted by molar-refractivity contribution is 5.91. The maximum atomic E-state index is 12.4. The van der Waals surface area contributed by atoms with E-state index in [-0.39, 0.29) is 0 Å². The molecule has 3 rings (SSSR count). The number of hydrogen-bond donors (Lipinski definition) is 1. The molecule has 1 aliphatic carbocycles. The summed E-state index contributed by atoms with van der Waals surface area (Å²) in [4.78, 5) is 29.9. The van der Waals surface area contributed by atoms with E-state index in [1.807, 2.05) is 0 Å². The smallest absolute Gasteiger partial charge is 0.429 e. The molecule has 1 aromatic rings. The number of allylic oxidation sites excluding steroid dienone is 2. The third kappa shape index (κ3) is 4.35. The van der Waals surface area contributed by atoms with E-state index < -0.39 is 17.7 Å². The van der Waals surface area contributed by atoms with Gasteiger partial charge < -0.3 is 9.57 Å². The van der Waals surface area contributed by atoms with Gasteiger partial charge in [-0.3, -0.25) is 0 Å². The number of hydroxylamine groups is 2. The summed E-state index contributed by atoms with van der Waals surface area (Å²) in [5, 5.41) is 2.63. The molecule has 2 fully saturated rings. The van der Waals surface area contributed by atoms with Crippen LogP contribution in [0.15, 0.2) is 35.5 Å². The van der Waals surface area contributed by atoms with E-state index in [0.717, 1.165) is 42.9 Å². The molecule has 7 nitrogen and oxygen atoms in total. The highest BCUT2D eigenvalue weighted by Crippen LogP contribution is 2.38. The van der Waals surface area contributed by atoms with Gasteiger partial charge in [0.25, 0.3) is 0 Å². The van der Waals surface area contributed by atoms with Crippen LogP contribution in [0.2, 0.25) is 0 Å². The van der Waals surface area contributed by atoms with Crippen molar-refractivity contribution in [1.82, 2.24) is 5.06 Å². The molecule has 1 aromatic carbocycles. The van der Waals surface area contributed by atoms with Gasteiger partial charge in [-0.15, -0.1) is 0 Å². The fourth-order valence-electron chi connectivity index (χ4n) is 2.78. The van der Waals surface area contributed by atoms with Crippen molar-refractivity contribution in [2.45, 2.75) is 52.1 Å². The maximum Gasteiger partial charge on any atom is 0.429 e. The van der Waals surface area contributed by atoms with Crippen molar-refractivity contribution in [2.24, 2.45) is 5.84 Å². The predicted molar refractivity (Wildman–Crippen MR) is 97.0 cm³/mol. The van der Waals surface area contributed by atoms with Crippen LogP contribution in [-0.2, 0) is 9.57 Å². The van der Waals surface area contributed by atoms with Crippen molar-refractivity contribution < 1.29 is 19.2 Å². The molecule has 0 aromatic heterocycles. The molecule has 140 valence electrons. The molecule has 1 saturated carbocycles. The number of nitrogens with zero attached hydrogens (tertiary/aromatic N) is 2. The van der Waals surface area contributed by atoms with Crippen LogP contribution in [0.5, 0.6) is 0 Å². The number of anilines is 1. The molecule has 0 spiro atoms. The quantitative estimate of drug-likeness (QED) is 0.505. The highest BCUT2D eigenvalue weighted by atomic mass is 16.7. The van der Waals surface area contributed by atoms with E-state index in [0.29, 0.717) is 11.3 Å². The zero-order valence-electron chi connectivity index (χ0n) is 15.4. The first kappa shape index (κ1) is 18.3. The van der Waals surface area contributed by atoms with E-state index in [1.54, 1.807) is 50.1 Å². The lowest BCUT2D eigenvalue weighted by Crippen LogP contribution is -2.41. The van der Waals surface area contributed by atoms with Crippen LogP contribution in [0.25, 0.3) is 0 Å². The highest BCUT2D eigenvalue weighted by Gasteiger charge is 2.29. The maximum absolute atomic E-state index is 12.4. The molecule has 2 N–H and O–H groups in total. The number of carbonyl (C=O) groups excluding carboxylic acids is 2. The first-order valence-electron chi connectivity index (χ1n) is 8.83. The standard InChI is InChI=1S/C19H25N3O4/c1-19(2,3)25-18(24)22(20)15-10-8-14(9-11-15)17(23)26-21-12-4-5-16(21)13-6-7-13/h8-11H,4-7,12,20H2,1-3H3. The summed E-state index contributed by atoms with van der Waals surface area (Å²) >= 11 is 0. The average Bonchev–Trinajstić information content (AvgIpc) is 3.32. The van der Waals surface area contributed by atoms with Crippen LogP contribution in [0.1, 0.15) is 56.8 Å². The van der Waals surface area contributed by atoms with E-state index in [2.05, 4.69) is 0 Å². The van der Waals surface area contributed by atoms with Crippen LogP contribution in [0.3, 0.4) is 0 Å². The minimum atomic E-state index is -0.661. The molecule has 0 radical (unpaired) electrons. The van der Waals surface area contributed by atoms with Crippen LogP contribution in [0, 0.1) is 0 Å². The zero-order valence-corrected chi connectivity index (χ0v) is 15.4. The van der Waals surface area contributed by atoms with E-state index in [9.17, 15) is 9.59 Å². The molecule has 1 aliphatic heterocycles. The average molecular weight is 359 g/mol. The largest absolute Gasteiger partial charge is 0.442 e. The summed E-state index contributed by atoms with van der Waals surface area (Å²) in [5.74, 6) is 5.37. The first-order valence-corrected chi connectivity index (χ1v) is 8.83. The second-order valence-electron chi connectivity index (χ2n) is 7.53. The normalized spacial score (nSPS) is 16.5. The lowest BCUT2D eigenvalue weighted by Gasteiger charge is -2.24. The molecular weight excluding hydrogens is 334 g/mol. The molecule has 7 heteroatoms. The van der Waals surface area contributed by atoms with Crippen LogP contribution >= 0.6 is 0 Å². The lowest BCUT2D eigenvalue weighted by atomic mass is 10.2. The van der Waals surface area contributed by atoms with Gasteiger partial charge in [0, 0.05) is 0 Å². The van der Waals surface area contributed by atoms with Gasteiger partial charge in [-0.2, -0.15) is 0 Å². The zero-order chi connectivity index (χ0) is 18.9. The van der Waals surface area contributed by atoms with Gasteiger partial charge in [0.2, 0.25) is 0 Å². The fourth-order valence-corrected chi connectivity index (χ4v) is 2.78. The Hall–Kier alpha value is -2.54. The Kier molecular flexibility index (Phi) is 4.91. The molecule has 1 heterocycles. The number of amides is 1. The second-order valence-corrected chi connectivity index (χ2v) is 7.53. The number of hydrazine groups is 1. The van der Waals surface area contributed by atoms with Crippen LogP contribution < -0.4 is 10.9 Å². The number of benzene rings is 1. The number of carbonyl (C=O) groups is 2. The predicted octanol–water partition coefficient (Wildman–Crippen LogP) is 3.52. The van der Waals surface area contributed by atoms with Crippen molar-refractivity contribution >= 4 is 17.7 Å². The van der Waals surface area contributed by atoms with Crippen LogP contribution in [0.4, 0.5) is 10.5 Å². The summed E-state index contributed by atoms with van der Waals surface area (Å²) in [7, 11) is 0. The molecule has 1 amide bonds. The molecule has 2 aliphatic rings. The number of nitrogens with two attached hydrogens (primary N) is 1. The van der Waals surface area contributed by atoms with Crippen molar-refractivity contribution in [3.8, 4) is 0 Å². The number of hydrogen-bond acceptors (Lipinski definition) is 6. The molecular formula is C19H25N3O4. The van der Waals surface area contributed by atoms with Crippen LogP contribution in [-0.4, -0.2) is 29.3 Å². The van der Waals surface area contributed by atoms with E-state index in [4.69, 9.17) is 15.4 Å². The van der Waals surface area contributed by atoms with Crippen molar-refractivity contribution in [1.29, 1.82) is 0 Å². The lowest BCUT2D eigenvalue weighted by molar-refractivity contribution is -0.0726. The molecule has 0 atom stereocenters. The summed E-state index contributed by atoms with van der Waals surface area (Å²) in [6, 6.07) is 6.35. The third-order valence-electron chi connectivity index (χ3n) is 4.15. The van der Waals surface area contributed by atoms with Gasteiger partial charge in [0.1, 0.15) is 5.60 Å². The van der Waals surface area contributed by atoms with Gasteiger partial charge in [0.05, 0.1) is 23.5 Å². The summed E-state index contributed by atoms with van der Waals surface area (Å²) in [6.07, 6.45) is 3.53. The van der Waals surface area contributed by atoms with Gasteiger partial charge in [-0.1, -0.05) is 0 Å². The van der Waals surface area contributed by atoms with Gasteiger partial charge >= 0.3 is 12.1 Å². The molecule has 0 unspecified atom stereocenters. The topological polar surface area (TPSA) is 85.1 Å². The SMILES string of the molecule is CC(C)(C)OC(=O)N(N)c1ccc(C(=O)ON2CCCC2=C2CC2)cc1. The Morgan fingerprint density at radius 3 is 2.35 bits per heavy atom. The molecule has 26 heavy (non-hydrogen) atoms.